The molecule has 0 spiro atoms. The molecule has 34 heavy (non-hydrogen) atoms. The summed E-state index contributed by atoms with van der Waals surface area (Å²) in [5, 5.41) is 3.40. The van der Waals surface area contributed by atoms with Crippen LogP contribution in [-0.4, -0.2) is 72.7 Å². The van der Waals surface area contributed by atoms with Gasteiger partial charge >= 0.3 is 0 Å². The van der Waals surface area contributed by atoms with E-state index in [9.17, 15) is 9.59 Å². The maximum Gasteiger partial charge on any atom is 0.258 e. The van der Waals surface area contributed by atoms with Crippen molar-refractivity contribution in [2.75, 3.05) is 57.4 Å². The van der Waals surface area contributed by atoms with Crippen LogP contribution < -0.4 is 15.6 Å². The summed E-state index contributed by atoms with van der Waals surface area (Å²) in [6.45, 7) is 14.0. The lowest BCUT2D eigenvalue weighted by Crippen LogP contribution is -2.37. The summed E-state index contributed by atoms with van der Waals surface area (Å²) in [6, 6.07) is 1.85. The highest BCUT2D eigenvalue weighted by Crippen LogP contribution is 2.31. The molecule has 5 heterocycles. The number of amides is 1. The Kier molecular flexibility index (Phi) is 6.49. The fraction of sp³-hybridized carbons (Fsp3) is 0.400. The van der Waals surface area contributed by atoms with E-state index in [2.05, 4.69) is 33.3 Å². The third kappa shape index (κ3) is 4.04. The van der Waals surface area contributed by atoms with Gasteiger partial charge in [-0.3, -0.25) is 14.0 Å². The second kappa shape index (κ2) is 9.69. The maximum absolute atomic E-state index is 13.7. The van der Waals surface area contributed by atoms with Crippen LogP contribution in [0, 0.1) is 0 Å². The summed E-state index contributed by atoms with van der Waals surface area (Å²) < 4.78 is 7.32. The van der Waals surface area contributed by atoms with Crippen molar-refractivity contribution in [3.05, 3.63) is 51.8 Å². The van der Waals surface area contributed by atoms with Crippen LogP contribution in [0.3, 0.4) is 0 Å². The topological polar surface area (TPSA) is 79.2 Å². The number of carbonyl (C=O) groups is 1. The molecular formula is C25H29N5O3S. The minimum atomic E-state index is -0.354. The summed E-state index contributed by atoms with van der Waals surface area (Å²) >= 11 is 1.36. The van der Waals surface area contributed by atoms with Gasteiger partial charge in [-0.05, 0) is 44.1 Å². The number of carbonyl (C=O) groups excluding carboxylic acids is 1. The molecule has 0 bridgehead atoms. The van der Waals surface area contributed by atoms with E-state index in [0.29, 0.717) is 35.6 Å². The van der Waals surface area contributed by atoms with E-state index in [1.54, 1.807) is 18.3 Å². The van der Waals surface area contributed by atoms with Crippen LogP contribution in [0.4, 0.5) is 5.69 Å². The number of fused-ring (bicyclic) bond motifs is 3. The molecular weight excluding hydrogens is 450 g/mol. The van der Waals surface area contributed by atoms with Crippen LogP contribution in [0.15, 0.2) is 30.2 Å². The number of ether oxygens (including phenoxy) is 1. The molecule has 1 amide bonds. The van der Waals surface area contributed by atoms with Crippen molar-refractivity contribution in [1.29, 1.82) is 0 Å². The molecule has 0 unspecified atom stereocenters. The van der Waals surface area contributed by atoms with E-state index in [-0.39, 0.29) is 16.9 Å². The fourth-order valence-corrected chi connectivity index (χ4v) is 5.91. The maximum atomic E-state index is 13.7. The Bertz CT molecular complexity index is 1320. The molecule has 2 aliphatic rings. The van der Waals surface area contributed by atoms with Crippen LogP contribution in [0.5, 0.6) is 0 Å². The van der Waals surface area contributed by atoms with E-state index < -0.39 is 0 Å². The van der Waals surface area contributed by atoms with Gasteiger partial charge in [-0.1, -0.05) is 13.2 Å². The number of hydrogen-bond donors (Lipinski definition) is 1. The summed E-state index contributed by atoms with van der Waals surface area (Å²) in [6.07, 6.45) is 7.62. The standard InChI is InChI=1S/C25H29N5O3S/c1-3-19-20(4-2)34-25-21(24(32)26-7-10-28-8-5-6-9-28)22(31)18-15-17(16-27-23(18)30(19)25)29-11-13-33-14-12-29/h3-4,15-16H,1-2,5-14H2,(H,26,32). The fourth-order valence-electron chi connectivity index (χ4n) is 4.77. The number of thiazole rings is 1. The van der Waals surface area contributed by atoms with E-state index in [1.807, 2.05) is 10.5 Å². The molecule has 0 aromatic carbocycles. The van der Waals surface area contributed by atoms with Gasteiger partial charge in [0.05, 0.1) is 41.1 Å². The molecule has 0 aliphatic carbocycles. The Morgan fingerprint density at radius 3 is 2.65 bits per heavy atom. The lowest BCUT2D eigenvalue weighted by atomic mass is 10.1. The first-order valence-electron chi connectivity index (χ1n) is 11.7. The number of likely N-dealkylation sites (tertiary alicyclic amines) is 1. The van der Waals surface area contributed by atoms with E-state index in [1.165, 1.54) is 24.2 Å². The zero-order valence-electron chi connectivity index (χ0n) is 19.2. The monoisotopic (exact) mass is 479 g/mol. The lowest BCUT2D eigenvalue weighted by molar-refractivity contribution is 0.0950. The first-order chi connectivity index (χ1) is 16.6. The molecule has 3 aromatic rings. The molecule has 9 heteroatoms. The minimum Gasteiger partial charge on any atom is -0.378 e. The summed E-state index contributed by atoms with van der Waals surface area (Å²) in [5.41, 5.74) is 2.00. The zero-order chi connectivity index (χ0) is 23.7. The Balaban J connectivity index is 1.62. The van der Waals surface area contributed by atoms with Gasteiger partial charge in [0, 0.05) is 26.2 Å². The number of nitrogens with one attached hydrogen (secondary N) is 1. The van der Waals surface area contributed by atoms with Crippen molar-refractivity contribution in [1.82, 2.24) is 19.6 Å². The van der Waals surface area contributed by atoms with Crippen molar-refractivity contribution in [3.63, 3.8) is 0 Å². The highest BCUT2D eigenvalue weighted by Gasteiger charge is 2.24. The van der Waals surface area contributed by atoms with E-state index in [0.717, 1.165) is 49.0 Å². The molecule has 8 nitrogen and oxygen atoms in total. The van der Waals surface area contributed by atoms with Crippen LogP contribution >= 0.6 is 11.3 Å². The summed E-state index contributed by atoms with van der Waals surface area (Å²) in [5.74, 6) is -0.354. The largest absolute Gasteiger partial charge is 0.378 e. The first kappa shape index (κ1) is 22.8. The number of aromatic nitrogens is 2. The number of morpholine rings is 1. The molecule has 2 saturated heterocycles. The second-order valence-corrected chi connectivity index (χ2v) is 9.60. The molecule has 178 valence electrons. The lowest BCUT2D eigenvalue weighted by Gasteiger charge is -2.28. The van der Waals surface area contributed by atoms with Crippen LogP contribution in [0.2, 0.25) is 0 Å². The van der Waals surface area contributed by atoms with E-state index >= 15 is 0 Å². The number of rotatable bonds is 7. The molecule has 3 aromatic heterocycles. The van der Waals surface area contributed by atoms with Gasteiger partial charge in [-0.15, -0.1) is 11.3 Å². The van der Waals surface area contributed by atoms with Gasteiger partial charge in [0.15, 0.2) is 0 Å². The van der Waals surface area contributed by atoms with Gasteiger partial charge < -0.3 is 19.9 Å². The van der Waals surface area contributed by atoms with Gasteiger partial charge in [-0.25, -0.2) is 4.98 Å². The Morgan fingerprint density at radius 1 is 1.18 bits per heavy atom. The average Bonchev–Trinajstić information content (AvgIpc) is 3.52. The van der Waals surface area contributed by atoms with Crippen LogP contribution in [-0.2, 0) is 4.74 Å². The van der Waals surface area contributed by atoms with Gasteiger partial charge in [0.1, 0.15) is 16.0 Å². The van der Waals surface area contributed by atoms with Crippen molar-refractivity contribution in [2.24, 2.45) is 0 Å². The van der Waals surface area contributed by atoms with Crippen molar-refractivity contribution < 1.29 is 9.53 Å². The minimum absolute atomic E-state index is 0.149. The molecule has 0 saturated carbocycles. The van der Waals surface area contributed by atoms with E-state index in [4.69, 9.17) is 4.74 Å². The third-order valence-corrected chi connectivity index (χ3v) is 7.72. The molecule has 0 radical (unpaired) electrons. The quantitative estimate of drug-likeness (QED) is 0.562. The molecule has 2 fully saturated rings. The van der Waals surface area contributed by atoms with Crippen molar-refractivity contribution >= 4 is 50.9 Å². The Morgan fingerprint density at radius 2 is 1.94 bits per heavy atom. The molecule has 1 N–H and O–H groups in total. The highest BCUT2D eigenvalue weighted by molar-refractivity contribution is 7.18. The van der Waals surface area contributed by atoms with Gasteiger partial charge in [-0.2, -0.15) is 0 Å². The Hall–Kier alpha value is -3.01. The number of pyridine rings is 2. The average molecular weight is 480 g/mol. The summed E-state index contributed by atoms with van der Waals surface area (Å²) in [4.78, 5) is 37.6. The van der Waals surface area contributed by atoms with Gasteiger partial charge in [0.25, 0.3) is 5.91 Å². The van der Waals surface area contributed by atoms with Gasteiger partial charge in [0.2, 0.25) is 5.43 Å². The predicted molar refractivity (Wildman–Crippen MR) is 138 cm³/mol. The highest BCUT2D eigenvalue weighted by atomic mass is 32.1. The van der Waals surface area contributed by atoms with Crippen molar-refractivity contribution in [3.8, 4) is 0 Å². The Labute approximate surface area is 202 Å². The number of anilines is 1. The molecule has 2 aliphatic heterocycles. The zero-order valence-corrected chi connectivity index (χ0v) is 20.0. The van der Waals surface area contributed by atoms with Crippen LogP contribution in [0.1, 0.15) is 33.8 Å². The van der Waals surface area contributed by atoms with Crippen molar-refractivity contribution in [2.45, 2.75) is 12.8 Å². The predicted octanol–water partition coefficient (Wildman–Crippen LogP) is 2.86. The third-order valence-electron chi connectivity index (χ3n) is 6.55. The SMILES string of the molecule is C=Cc1sc2c(C(=O)NCCN3CCCC3)c(=O)c3cc(N4CCOCC4)cnc3n2c1C=C. The van der Waals surface area contributed by atoms with Crippen LogP contribution in [0.25, 0.3) is 28.0 Å². The first-order valence-corrected chi connectivity index (χ1v) is 12.5. The second-order valence-electron chi connectivity index (χ2n) is 8.57. The smallest absolute Gasteiger partial charge is 0.258 e. The molecule has 5 rings (SSSR count). The number of hydrogen-bond acceptors (Lipinski definition) is 7. The summed E-state index contributed by atoms with van der Waals surface area (Å²) in [7, 11) is 0. The number of nitrogens with zero attached hydrogens (tertiary/aromatic N) is 4. The normalized spacial score (nSPS) is 16.9. The molecule has 0 atom stereocenters.